The average molecular weight is 761 g/mol. The van der Waals surface area contributed by atoms with Gasteiger partial charge in [-0.2, -0.15) is 0 Å². The first-order valence-electron chi connectivity index (χ1n) is 21.3. The van der Waals surface area contributed by atoms with Gasteiger partial charge in [-0.3, -0.25) is 0 Å². The van der Waals surface area contributed by atoms with Crippen LogP contribution in [-0.4, -0.2) is 21.9 Å². The number of hydrogen-bond acceptors (Lipinski definition) is 4. The second-order valence-corrected chi connectivity index (χ2v) is 20.9. The average Bonchev–Trinajstić information content (AvgIpc) is 3.07. The Morgan fingerprint density at radius 2 is 0.643 bits per heavy atom. The van der Waals surface area contributed by atoms with Gasteiger partial charge in [0.05, 0.1) is 6.61 Å². The number of unbranched alkanes of at least 4 members (excludes halogenated alkanes) is 5. The highest BCUT2D eigenvalue weighted by Crippen LogP contribution is 2.43. The van der Waals surface area contributed by atoms with E-state index in [1.54, 1.807) is 0 Å². The molecule has 1 aliphatic rings. The minimum atomic E-state index is -0.182. The molecule has 0 aliphatic heterocycles. The molecule has 0 saturated carbocycles. The summed E-state index contributed by atoms with van der Waals surface area (Å²) in [5.41, 5.74) is 10.9. The minimum absolute atomic E-state index is 0.145. The third kappa shape index (κ3) is 10.1. The zero-order valence-corrected chi connectivity index (χ0v) is 37.1. The highest BCUT2D eigenvalue weighted by atomic mass is 16.5. The summed E-state index contributed by atoms with van der Waals surface area (Å²) in [6.45, 7) is 29.5. The first-order valence-corrected chi connectivity index (χ1v) is 21.3. The lowest BCUT2D eigenvalue weighted by atomic mass is 9.79. The van der Waals surface area contributed by atoms with Gasteiger partial charge in [0, 0.05) is 25.7 Å². The molecule has 4 heteroatoms. The third-order valence-electron chi connectivity index (χ3n) is 11.8. The largest absolute Gasteiger partial charge is 0.507 e. The van der Waals surface area contributed by atoms with Gasteiger partial charge in [0.15, 0.2) is 0 Å². The Labute approximate surface area is 339 Å². The van der Waals surface area contributed by atoms with Gasteiger partial charge in [-0.05, 0) is 94.8 Å². The molecular formula is C52H72O4. The van der Waals surface area contributed by atoms with Crippen molar-refractivity contribution in [1.29, 1.82) is 0 Å². The summed E-state index contributed by atoms with van der Waals surface area (Å²) in [6.07, 6.45) is 8.79. The van der Waals surface area contributed by atoms with Gasteiger partial charge < -0.3 is 20.1 Å². The second-order valence-electron chi connectivity index (χ2n) is 20.9. The molecule has 0 radical (unpaired) electrons. The lowest BCUT2D eigenvalue weighted by Crippen LogP contribution is -2.16. The Morgan fingerprint density at radius 1 is 0.393 bits per heavy atom. The molecule has 3 N–H and O–H groups in total. The van der Waals surface area contributed by atoms with E-state index in [1.807, 2.05) is 0 Å². The Bertz CT molecular complexity index is 1900. The van der Waals surface area contributed by atoms with Crippen LogP contribution < -0.4 is 4.74 Å². The van der Waals surface area contributed by atoms with Gasteiger partial charge >= 0.3 is 0 Å². The summed E-state index contributed by atoms with van der Waals surface area (Å²) >= 11 is 0. The Hall–Kier alpha value is -3.92. The van der Waals surface area contributed by atoms with E-state index in [1.165, 1.54) is 31.2 Å². The van der Waals surface area contributed by atoms with Crippen molar-refractivity contribution in [3.8, 4) is 23.0 Å². The fourth-order valence-electron chi connectivity index (χ4n) is 7.90. The molecule has 0 heterocycles. The minimum Gasteiger partial charge on any atom is -0.507 e. The molecule has 5 rings (SSSR count). The molecule has 4 aromatic carbocycles. The summed E-state index contributed by atoms with van der Waals surface area (Å²) in [4.78, 5) is 0. The number of benzene rings is 4. The molecule has 4 aromatic rings. The van der Waals surface area contributed by atoms with Gasteiger partial charge in [0.1, 0.15) is 23.0 Å². The molecule has 0 saturated heterocycles. The van der Waals surface area contributed by atoms with E-state index in [2.05, 4.69) is 139 Å². The van der Waals surface area contributed by atoms with Gasteiger partial charge in [-0.1, -0.05) is 171 Å². The van der Waals surface area contributed by atoms with E-state index in [-0.39, 0.29) is 38.9 Å². The lowest BCUT2D eigenvalue weighted by molar-refractivity contribution is 0.299. The molecule has 56 heavy (non-hydrogen) atoms. The van der Waals surface area contributed by atoms with E-state index in [0.717, 1.165) is 79.8 Å². The summed E-state index contributed by atoms with van der Waals surface area (Å²) in [5.74, 6) is 1.63. The summed E-state index contributed by atoms with van der Waals surface area (Å²) in [5, 5.41) is 36.6. The predicted octanol–water partition coefficient (Wildman–Crippen LogP) is 13.4. The van der Waals surface area contributed by atoms with Gasteiger partial charge in [-0.15, -0.1) is 0 Å². The van der Waals surface area contributed by atoms with Crippen LogP contribution in [-0.2, 0) is 47.3 Å². The highest BCUT2D eigenvalue weighted by Gasteiger charge is 2.28. The molecule has 0 atom stereocenters. The zero-order valence-electron chi connectivity index (χ0n) is 37.1. The van der Waals surface area contributed by atoms with Crippen LogP contribution in [0, 0.1) is 0 Å². The van der Waals surface area contributed by atoms with Crippen LogP contribution in [0.1, 0.15) is 195 Å². The number of ether oxygens (including phenoxy) is 1. The van der Waals surface area contributed by atoms with Crippen LogP contribution in [0.25, 0.3) is 0 Å². The maximum atomic E-state index is 12.3. The van der Waals surface area contributed by atoms with Crippen molar-refractivity contribution in [3.63, 3.8) is 0 Å². The molecule has 304 valence electrons. The van der Waals surface area contributed by atoms with Crippen molar-refractivity contribution in [2.75, 3.05) is 6.61 Å². The van der Waals surface area contributed by atoms with Crippen LogP contribution in [0.5, 0.6) is 23.0 Å². The summed E-state index contributed by atoms with van der Waals surface area (Å²) in [7, 11) is 0. The van der Waals surface area contributed by atoms with Crippen LogP contribution >= 0.6 is 0 Å². The fraction of sp³-hybridized carbons (Fsp3) is 0.538. The second kappa shape index (κ2) is 16.5. The van der Waals surface area contributed by atoms with Gasteiger partial charge in [0.25, 0.3) is 0 Å². The third-order valence-corrected chi connectivity index (χ3v) is 11.8. The van der Waals surface area contributed by atoms with Gasteiger partial charge in [-0.25, -0.2) is 0 Å². The maximum Gasteiger partial charge on any atom is 0.126 e. The first kappa shape index (κ1) is 43.2. The smallest absolute Gasteiger partial charge is 0.126 e. The number of fused-ring (bicyclic) bond motifs is 8. The Balaban J connectivity index is 1.83. The molecule has 0 aromatic heterocycles. The van der Waals surface area contributed by atoms with E-state index in [9.17, 15) is 15.3 Å². The van der Waals surface area contributed by atoms with Gasteiger partial charge in [0.2, 0.25) is 0 Å². The van der Waals surface area contributed by atoms with Crippen LogP contribution in [0.15, 0.2) is 48.5 Å². The van der Waals surface area contributed by atoms with E-state index in [4.69, 9.17) is 4.74 Å². The van der Waals surface area contributed by atoms with Crippen LogP contribution in [0.3, 0.4) is 0 Å². The normalized spacial score (nSPS) is 13.9. The molecule has 0 fully saturated rings. The molecular weight excluding hydrogens is 689 g/mol. The monoisotopic (exact) mass is 761 g/mol. The first-order chi connectivity index (χ1) is 26.0. The number of aromatic hydroxyl groups is 3. The van der Waals surface area contributed by atoms with Crippen molar-refractivity contribution in [3.05, 3.63) is 115 Å². The van der Waals surface area contributed by atoms with E-state index < -0.39 is 0 Å². The Kier molecular flexibility index (Phi) is 12.7. The molecule has 4 nitrogen and oxygen atoms in total. The van der Waals surface area contributed by atoms with Crippen molar-refractivity contribution in [1.82, 2.24) is 0 Å². The van der Waals surface area contributed by atoms with Crippen molar-refractivity contribution < 1.29 is 20.1 Å². The molecule has 0 spiro atoms. The van der Waals surface area contributed by atoms with Crippen LogP contribution in [0.4, 0.5) is 0 Å². The van der Waals surface area contributed by atoms with Crippen molar-refractivity contribution in [2.24, 2.45) is 0 Å². The molecule has 8 bridgehead atoms. The fourth-order valence-corrected chi connectivity index (χ4v) is 7.90. The van der Waals surface area contributed by atoms with Crippen molar-refractivity contribution >= 4 is 0 Å². The number of rotatable bonds is 8. The zero-order chi connectivity index (χ0) is 41.4. The van der Waals surface area contributed by atoms with Crippen LogP contribution in [0.2, 0.25) is 0 Å². The molecule has 0 unspecified atom stereocenters. The lowest BCUT2D eigenvalue weighted by Gasteiger charge is -2.27. The maximum absolute atomic E-state index is 12.3. The van der Waals surface area contributed by atoms with E-state index in [0.29, 0.717) is 32.3 Å². The molecule has 0 amide bonds. The number of phenolic OH excluding ortho intramolecular Hbond substituents is 3. The topological polar surface area (TPSA) is 69.9 Å². The predicted molar refractivity (Wildman–Crippen MR) is 236 cm³/mol. The highest BCUT2D eigenvalue weighted by molar-refractivity contribution is 5.59. The van der Waals surface area contributed by atoms with E-state index >= 15 is 0 Å². The quantitative estimate of drug-likeness (QED) is 0.138. The number of hydrogen-bond donors (Lipinski definition) is 3. The Morgan fingerprint density at radius 3 is 0.929 bits per heavy atom. The summed E-state index contributed by atoms with van der Waals surface area (Å²) in [6, 6.07) is 17.4. The molecule has 1 aliphatic carbocycles. The standard InChI is InChI=1S/C52H72O4/c1-14-15-16-17-18-19-20-56-48-39-23-37-29-42(50(5,6)7)27-35(46(37)54)21-33-25-41(49(2,3)4)26-34(45(33)53)22-36-28-43(51(8,9)10)30-38(47(36)55)24-40(48)32-44(31-39)52(11,12)13/h25-32,53-55H,14-24H2,1-13H3. The SMILES string of the molecule is CCCCCCCCOc1c2cc(C(C)(C)C)cc1Cc1cc(C(C)(C)C)cc(c1O)Cc1cc(C(C)(C)C)cc(c1O)Cc1cc(C(C)(C)C)cc(c1O)C2. The number of phenols is 3. The summed E-state index contributed by atoms with van der Waals surface area (Å²) < 4.78 is 6.90. The van der Waals surface area contributed by atoms with Crippen molar-refractivity contribution in [2.45, 2.75) is 176 Å².